The van der Waals surface area contributed by atoms with Gasteiger partial charge in [-0.2, -0.15) is 0 Å². The predicted molar refractivity (Wildman–Crippen MR) is 91.7 cm³/mol. The lowest BCUT2D eigenvalue weighted by Crippen LogP contribution is -2.42. The lowest BCUT2D eigenvalue weighted by molar-refractivity contribution is 0.0633. The summed E-state index contributed by atoms with van der Waals surface area (Å²) >= 11 is 0. The molecule has 0 aliphatic carbocycles. The summed E-state index contributed by atoms with van der Waals surface area (Å²) in [4.78, 5) is 21.6. The minimum atomic E-state index is -0.0429. The molecule has 0 saturated carbocycles. The van der Waals surface area contributed by atoms with Crippen LogP contribution in [0.2, 0.25) is 0 Å². The summed E-state index contributed by atoms with van der Waals surface area (Å²) in [6, 6.07) is 2.19. The van der Waals surface area contributed by atoms with Crippen molar-refractivity contribution in [3.05, 3.63) is 41.4 Å². The van der Waals surface area contributed by atoms with E-state index in [1.807, 2.05) is 24.9 Å². The zero-order valence-electron chi connectivity index (χ0n) is 15.1. The van der Waals surface area contributed by atoms with Crippen molar-refractivity contribution in [2.24, 2.45) is 0 Å². The lowest BCUT2D eigenvalue weighted by atomic mass is 10.1. The minimum absolute atomic E-state index is 0.0175. The van der Waals surface area contributed by atoms with Gasteiger partial charge < -0.3 is 13.9 Å². The Morgan fingerprint density at radius 2 is 2.21 bits per heavy atom. The molecule has 0 N–H and O–H groups in total. The Morgan fingerprint density at radius 3 is 2.83 bits per heavy atom. The molecule has 1 aliphatic rings. The van der Waals surface area contributed by atoms with Crippen LogP contribution in [0.1, 0.15) is 54.4 Å². The molecule has 1 amide bonds. The molecule has 0 saturated heterocycles. The third kappa shape index (κ3) is 2.86. The number of carbonyl (C=O) groups excluding carboxylic acids is 1. The number of rotatable bonds is 4. The SMILES string of the molecule is Cc1occc1C(=O)N1CCn2c(CN(C)C(C)C)cnc2[C@@H]1C. The zero-order valence-corrected chi connectivity index (χ0v) is 15.1. The minimum Gasteiger partial charge on any atom is -0.469 e. The maximum atomic E-state index is 12.8. The van der Waals surface area contributed by atoms with Gasteiger partial charge in [-0.1, -0.05) is 0 Å². The van der Waals surface area contributed by atoms with E-state index in [2.05, 4.69) is 35.3 Å². The van der Waals surface area contributed by atoms with E-state index in [9.17, 15) is 4.79 Å². The summed E-state index contributed by atoms with van der Waals surface area (Å²) in [5.41, 5.74) is 1.85. The van der Waals surface area contributed by atoms with Gasteiger partial charge in [-0.15, -0.1) is 0 Å². The molecule has 2 aromatic rings. The highest BCUT2D eigenvalue weighted by Crippen LogP contribution is 2.28. The second-order valence-corrected chi connectivity index (χ2v) is 6.83. The first-order chi connectivity index (χ1) is 11.4. The van der Waals surface area contributed by atoms with Crippen LogP contribution in [0.25, 0.3) is 0 Å². The molecule has 6 nitrogen and oxygen atoms in total. The van der Waals surface area contributed by atoms with E-state index in [0.29, 0.717) is 23.9 Å². The highest BCUT2D eigenvalue weighted by Gasteiger charge is 2.32. The van der Waals surface area contributed by atoms with Gasteiger partial charge in [-0.3, -0.25) is 9.69 Å². The summed E-state index contributed by atoms with van der Waals surface area (Å²) in [6.45, 7) is 10.6. The van der Waals surface area contributed by atoms with Crippen LogP contribution < -0.4 is 0 Å². The summed E-state index contributed by atoms with van der Waals surface area (Å²) in [5, 5.41) is 0. The molecule has 3 heterocycles. The third-order valence-corrected chi connectivity index (χ3v) is 5.02. The average molecular weight is 330 g/mol. The van der Waals surface area contributed by atoms with Crippen LogP contribution in [0.5, 0.6) is 0 Å². The molecular formula is C18H26N4O2. The van der Waals surface area contributed by atoms with Crippen LogP contribution >= 0.6 is 0 Å². The molecule has 0 unspecified atom stereocenters. The van der Waals surface area contributed by atoms with Crippen molar-refractivity contribution < 1.29 is 9.21 Å². The second kappa shape index (κ2) is 6.43. The quantitative estimate of drug-likeness (QED) is 0.865. The van der Waals surface area contributed by atoms with Crippen LogP contribution in [-0.4, -0.2) is 44.9 Å². The first-order valence-electron chi connectivity index (χ1n) is 8.49. The maximum Gasteiger partial charge on any atom is 0.258 e. The van der Waals surface area contributed by atoms with Gasteiger partial charge in [0.15, 0.2) is 0 Å². The zero-order chi connectivity index (χ0) is 17.4. The van der Waals surface area contributed by atoms with Crippen LogP contribution in [0, 0.1) is 6.92 Å². The number of nitrogens with zero attached hydrogens (tertiary/aromatic N) is 4. The fourth-order valence-electron chi connectivity index (χ4n) is 3.16. The fourth-order valence-corrected chi connectivity index (χ4v) is 3.16. The van der Waals surface area contributed by atoms with Gasteiger partial charge in [-0.05, 0) is 40.8 Å². The van der Waals surface area contributed by atoms with Crippen LogP contribution in [0.4, 0.5) is 0 Å². The van der Waals surface area contributed by atoms with E-state index < -0.39 is 0 Å². The third-order valence-electron chi connectivity index (χ3n) is 5.02. The van der Waals surface area contributed by atoms with Gasteiger partial charge in [0.2, 0.25) is 0 Å². The van der Waals surface area contributed by atoms with Crippen molar-refractivity contribution in [1.82, 2.24) is 19.4 Å². The summed E-state index contributed by atoms with van der Waals surface area (Å²) in [5.74, 6) is 1.65. The molecule has 1 atom stereocenters. The van der Waals surface area contributed by atoms with Gasteiger partial charge in [0.1, 0.15) is 11.6 Å². The van der Waals surface area contributed by atoms with Crippen molar-refractivity contribution in [1.29, 1.82) is 0 Å². The van der Waals surface area contributed by atoms with Gasteiger partial charge in [-0.25, -0.2) is 4.98 Å². The molecule has 3 rings (SSSR count). The van der Waals surface area contributed by atoms with Crippen molar-refractivity contribution in [3.63, 3.8) is 0 Å². The first kappa shape index (κ1) is 16.8. The van der Waals surface area contributed by atoms with Gasteiger partial charge >= 0.3 is 0 Å². The second-order valence-electron chi connectivity index (χ2n) is 6.83. The topological polar surface area (TPSA) is 54.5 Å². The van der Waals surface area contributed by atoms with Gasteiger partial charge in [0.05, 0.1) is 23.6 Å². The monoisotopic (exact) mass is 330 g/mol. The van der Waals surface area contributed by atoms with Crippen molar-refractivity contribution in [2.45, 2.75) is 52.9 Å². The molecule has 0 fully saturated rings. The Kier molecular flexibility index (Phi) is 4.49. The number of amides is 1. The van der Waals surface area contributed by atoms with E-state index in [1.165, 1.54) is 5.69 Å². The van der Waals surface area contributed by atoms with Crippen molar-refractivity contribution in [3.8, 4) is 0 Å². The summed E-state index contributed by atoms with van der Waals surface area (Å²) in [6.07, 6.45) is 3.51. The van der Waals surface area contributed by atoms with Gasteiger partial charge in [0, 0.05) is 31.9 Å². The number of fused-ring (bicyclic) bond motifs is 1. The Balaban J connectivity index is 1.82. The number of furan rings is 1. The predicted octanol–water partition coefficient (Wildman–Crippen LogP) is 2.84. The van der Waals surface area contributed by atoms with E-state index in [-0.39, 0.29) is 11.9 Å². The van der Waals surface area contributed by atoms with Crippen LogP contribution in [0.3, 0.4) is 0 Å². The highest BCUT2D eigenvalue weighted by molar-refractivity contribution is 5.95. The number of hydrogen-bond donors (Lipinski definition) is 0. The average Bonchev–Trinajstić information content (AvgIpc) is 3.14. The maximum absolute atomic E-state index is 12.8. The van der Waals surface area contributed by atoms with Gasteiger partial charge in [0.25, 0.3) is 5.91 Å². The van der Waals surface area contributed by atoms with E-state index in [0.717, 1.165) is 18.9 Å². The molecule has 1 aliphatic heterocycles. The molecule has 2 aromatic heterocycles. The van der Waals surface area contributed by atoms with Crippen molar-refractivity contribution in [2.75, 3.05) is 13.6 Å². The molecule has 0 aromatic carbocycles. The summed E-state index contributed by atoms with van der Waals surface area (Å²) < 4.78 is 7.54. The van der Waals surface area contributed by atoms with E-state index in [4.69, 9.17) is 4.42 Å². The fraction of sp³-hybridized carbons (Fsp3) is 0.556. The van der Waals surface area contributed by atoms with Crippen molar-refractivity contribution >= 4 is 5.91 Å². The number of imidazole rings is 1. The molecule has 0 bridgehead atoms. The molecule has 0 spiro atoms. The Labute approximate surface area is 143 Å². The van der Waals surface area contributed by atoms with E-state index >= 15 is 0 Å². The Hall–Kier alpha value is -2.08. The number of aryl methyl sites for hydroxylation is 1. The lowest BCUT2D eigenvalue weighted by Gasteiger charge is -2.34. The molecule has 0 radical (unpaired) electrons. The normalized spacial score (nSPS) is 17.6. The summed E-state index contributed by atoms with van der Waals surface area (Å²) in [7, 11) is 2.12. The van der Waals surface area contributed by atoms with E-state index in [1.54, 1.807) is 12.3 Å². The largest absolute Gasteiger partial charge is 0.469 e. The first-order valence-corrected chi connectivity index (χ1v) is 8.49. The Bertz CT molecular complexity index is 731. The number of hydrogen-bond acceptors (Lipinski definition) is 4. The molecular weight excluding hydrogens is 304 g/mol. The molecule has 24 heavy (non-hydrogen) atoms. The van der Waals surface area contributed by atoms with Crippen LogP contribution in [0.15, 0.2) is 22.9 Å². The number of aromatic nitrogens is 2. The highest BCUT2D eigenvalue weighted by atomic mass is 16.3. The molecule has 130 valence electrons. The van der Waals surface area contributed by atoms with Crippen LogP contribution in [-0.2, 0) is 13.1 Å². The number of carbonyl (C=O) groups is 1. The Morgan fingerprint density at radius 1 is 1.46 bits per heavy atom. The molecule has 6 heteroatoms. The standard InChI is InChI=1S/C18H26N4O2/c1-12(2)20(5)11-15-10-19-17-13(3)21(7-8-22(15)17)18(23)16-6-9-24-14(16)4/h6,9-10,12-13H,7-8,11H2,1-5H3/t13-/m0/s1. The smallest absolute Gasteiger partial charge is 0.258 e.